The van der Waals surface area contributed by atoms with E-state index in [2.05, 4.69) is 295 Å². The van der Waals surface area contributed by atoms with Gasteiger partial charge in [0.2, 0.25) is 0 Å². The number of aliphatic imine (C=N–C) groups is 2. The van der Waals surface area contributed by atoms with E-state index in [1.54, 1.807) is 0 Å². The van der Waals surface area contributed by atoms with Gasteiger partial charge >= 0.3 is 0 Å². The van der Waals surface area contributed by atoms with Crippen LogP contribution in [0.25, 0.3) is 127 Å². The molecule has 3 heterocycles. The first-order valence-corrected chi connectivity index (χ1v) is 28.0. The Morgan fingerprint density at radius 1 is 0.341 bits per heavy atom. The molecule has 1 atom stereocenters. The molecule has 0 fully saturated rings. The van der Waals surface area contributed by atoms with Gasteiger partial charge in [0.25, 0.3) is 0 Å². The topological polar surface area (TPSA) is 54.8 Å². The van der Waals surface area contributed by atoms with E-state index in [9.17, 15) is 0 Å². The van der Waals surface area contributed by atoms with E-state index in [1.165, 1.54) is 54.6 Å². The molecule has 0 bridgehead atoms. The average Bonchev–Trinajstić information content (AvgIpc) is 2.86. The Labute approximate surface area is 474 Å². The molecule has 1 aliphatic rings. The molecule has 82 heavy (non-hydrogen) atoms. The van der Waals surface area contributed by atoms with Crippen molar-refractivity contribution in [2.24, 2.45) is 9.98 Å². The fourth-order valence-corrected chi connectivity index (χ4v) is 12.3. The van der Waals surface area contributed by atoms with Gasteiger partial charge in [0.1, 0.15) is 23.2 Å². The first-order chi connectivity index (χ1) is 40.6. The third-order valence-corrected chi connectivity index (χ3v) is 16.5. The largest absolute Gasteiger partial charge is 0.456 e. The molecule has 13 aromatic carbocycles. The van der Waals surface area contributed by atoms with E-state index >= 15 is 0 Å². The minimum Gasteiger partial charge on any atom is -0.456 e. The summed E-state index contributed by atoms with van der Waals surface area (Å²) in [7, 11) is 0. The molecule has 5 heteroatoms. The van der Waals surface area contributed by atoms with Gasteiger partial charge in [0, 0.05) is 43.6 Å². The Balaban J connectivity index is 0.869. The molecule has 1 unspecified atom stereocenters. The summed E-state index contributed by atoms with van der Waals surface area (Å²) in [6.07, 6.45) is -0.441. The van der Waals surface area contributed by atoms with Crippen LogP contribution in [-0.4, -0.2) is 16.2 Å². The van der Waals surface area contributed by atoms with Crippen molar-refractivity contribution in [3.05, 3.63) is 308 Å². The first-order valence-electron chi connectivity index (χ1n) is 28.0. The molecule has 0 saturated heterocycles. The Morgan fingerprint density at radius 3 is 1.50 bits per heavy atom. The molecule has 0 spiro atoms. The minimum atomic E-state index is -0.441. The van der Waals surface area contributed by atoms with Gasteiger partial charge in [-0.25, -0.2) is 9.98 Å². The lowest BCUT2D eigenvalue weighted by Crippen LogP contribution is -2.33. The highest BCUT2D eigenvalue weighted by atomic mass is 16.3. The third kappa shape index (κ3) is 8.17. The Bertz CT molecular complexity index is 5020. The number of amidine groups is 2. The van der Waals surface area contributed by atoms with E-state index in [1.807, 2.05) is 6.07 Å². The van der Waals surface area contributed by atoms with Crippen molar-refractivity contribution in [2.45, 2.75) is 6.17 Å². The number of aromatic nitrogens is 1. The highest BCUT2D eigenvalue weighted by Gasteiger charge is 2.26. The average molecular weight is 1050 g/mol. The molecule has 16 rings (SSSR count). The molecule has 0 radical (unpaired) electrons. The zero-order valence-corrected chi connectivity index (χ0v) is 44.5. The molecule has 15 aromatic rings. The maximum atomic E-state index is 6.62. The van der Waals surface area contributed by atoms with Crippen LogP contribution >= 0.6 is 0 Å². The highest BCUT2D eigenvalue weighted by molar-refractivity contribution is 6.22. The summed E-state index contributed by atoms with van der Waals surface area (Å²) in [5.74, 6) is 1.38. The van der Waals surface area contributed by atoms with Gasteiger partial charge in [-0.1, -0.05) is 249 Å². The number of rotatable bonds is 9. The highest BCUT2D eigenvalue weighted by Crippen LogP contribution is 2.44. The van der Waals surface area contributed by atoms with Crippen molar-refractivity contribution < 1.29 is 4.42 Å². The Morgan fingerprint density at radius 2 is 0.854 bits per heavy atom. The van der Waals surface area contributed by atoms with Gasteiger partial charge < -0.3 is 14.3 Å². The van der Waals surface area contributed by atoms with Crippen LogP contribution in [0.15, 0.2) is 306 Å². The summed E-state index contributed by atoms with van der Waals surface area (Å²) in [6.45, 7) is 0. The molecule has 5 nitrogen and oxygen atoms in total. The molecule has 1 N–H and O–H groups in total. The lowest BCUT2D eigenvalue weighted by molar-refractivity contribution is 0.669. The maximum Gasteiger partial charge on any atom is 0.159 e. The van der Waals surface area contributed by atoms with E-state index in [4.69, 9.17) is 14.4 Å². The minimum absolute atomic E-state index is 0.441. The van der Waals surface area contributed by atoms with Crippen LogP contribution < -0.4 is 5.32 Å². The zero-order chi connectivity index (χ0) is 54.1. The van der Waals surface area contributed by atoms with E-state index in [0.717, 1.165) is 94.6 Å². The summed E-state index contributed by atoms with van der Waals surface area (Å²) in [6, 6.07) is 104. The Hall–Kier alpha value is -10.9. The van der Waals surface area contributed by atoms with E-state index in [-0.39, 0.29) is 0 Å². The van der Waals surface area contributed by atoms with Crippen LogP contribution in [0.1, 0.15) is 22.9 Å². The van der Waals surface area contributed by atoms with Crippen molar-refractivity contribution in [1.82, 2.24) is 9.88 Å². The predicted octanol–water partition coefficient (Wildman–Crippen LogP) is 19.8. The van der Waals surface area contributed by atoms with Crippen LogP contribution in [0, 0.1) is 0 Å². The summed E-state index contributed by atoms with van der Waals surface area (Å²) < 4.78 is 9.12. The normalized spacial score (nSPS) is 13.5. The lowest BCUT2D eigenvalue weighted by Gasteiger charge is -2.24. The fraction of sp³-hybridized carbons (Fsp3) is 0.0130. The van der Waals surface area contributed by atoms with Gasteiger partial charge in [-0.15, -0.1) is 0 Å². The van der Waals surface area contributed by atoms with Crippen LogP contribution in [0.4, 0.5) is 0 Å². The number of fused-ring (bicyclic) bond motifs is 9. The zero-order valence-electron chi connectivity index (χ0n) is 44.5. The third-order valence-electron chi connectivity index (χ3n) is 16.5. The van der Waals surface area contributed by atoms with E-state index < -0.39 is 6.17 Å². The van der Waals surface area contributed by atoms with Crippen molar-refractivity contribution >= 4 is 77.0 Å². The second kappa shape index (κ2) is 19.5. The molecule has 1 aliphatic heterocycles. The number of hydrogen-bond acceptors (Lipinski definition) is 4. The fourth-order valence-electron chi connectivity index (χ4n) is 12.3. The molecule has 0 saturated carbocycles. The van der Waals surface area contributed by atoms with Gasteiger partial charge in [-0.2, -0.15) is 0 Å². The molecule has 0 amide bonds. The molecule has 2 aromatic heterocycles. The number of furan rings is 1. The summed E-state index contributed by atoms with van der Waals surface area (Å²) >= 11 is 0. The van der Waals surface area contributed by atoms with Crippen molar-refractivity contribution in [1.29, 1.82) is 0 Å². The van der Waals surface area contributed by atoms with Gasteiger partial charge in [-0.05, 0) is 114 Å². The number of nitrogens with one attached hydrogen (secondary N) is 1. The van der Waals surface area contributed by atoms with Crippen LogP contribution in [0.2, 0.25) is 0 Å². The van der Waals surface area contributed by atoms with E-state index in [0.29, 0.717) is 5.84 Å². The number of para-hydroxylation sites is 1. The van der Waals surface area contributed by atoms with Crippen LogP contribution in [0.5, 0.6) is 0 Å². The Kier molecular flexibility index (Phi) is 11.2. The van der Waals surface area contributed by atoms with Crippen molar-refractivity contribution in [3.63, 3.8) is 0 Å². The maximum absolute atomic E-state index is 6.62. The molecule has 384 valence electrons. The van der Waals surface area contributed by atoms with Crippen LogP contribution in [-0.2, 0) is 0 Å². The molecular weight excluding hydrogens is 997 g/mol. The summed E-state index contributed by atoms with van der Waals surface area (Å²) in [4.78, 5) is 11.0. The smallest absolute Gasteiger partial charge is 0.159 e. The van der Waals surface area contributed by atoms with Crippen molar-refractivity contribution in [3.8, 4) is 61.3 Å². The second-order valence-electron chi connectivity index (χ2n) is 21.3. The number of nitrogens with zero attached hydrogens (tertiary/aromatic N) is 3. The van der Waals surface area contributed by atoms with Crippen molar-refractivity contribution in [2.75, 3.05) is 0 Å². The number of benzene rings is 13. The standard InChI is InChI=1S/C77H50N4O/c1-3-14-49(15-4-1)51-26-30-53(31-27-51)55-34-38-58(39-35-55)75-78-76(59-40-36-56(37-41-59)54-32-28-52(29-33-54)50-16-5-2-6-17-50)80-77(79-75)62-43-45-69(67(47-62)64-23-13-25-72-73(64)66-22-11-12-24-71(66)82-72)81-70-48-61-20-8-7-19-60(61)46-68(70)65-44-42-57-18-9-10-21-63(57)74(65)81/h1-48,75H,(H,78,79,80). The first kappa shape index (κ1) is 47.1. The summed E-state index contributed by atoms with van der Waals surface area (Å²) in [5, 5.41) is 13.1. The second-order valence-corrected chi connectivity index (χ2v) is 21.3. The monoisotopic (exact) mass is 1050 g/mol. The van der Waals surface area contributed by atoms with Crippen LogP contribution in [0.3, 0.4) is 0 Å². The molecular formula is C77H50N4O. The predicted molar refractivity (Wildman–Crippen MR) is 342 cm³/mol. The van der Waals surface area contributed by atoms with Gasteiger partial charge in [-0.3, -0.25) is 0 Å². The quantitative estimate of drug-likeness (QED) is 0.157. The van der Waals surface area contributed by atoms with Gasteiger partial charge in [0.05, 0.1) is 16.7 Å². The van der Waals surface area contributed by atoms with Gasteiger partial charge in [0.15, 0.2) is 5.84 Å². The summed E-state index contributed by atoms with van der Waals surface area (Å²) in [5.41, 5.74) is 19.4. The lowest BCUT2D eigenvalue weighted by atomic mass is 9.95. The number of hydrogen-bond donors (Lipinski definition) is 1. The SMILES string of the molecule is c1ccc(-c2ccc(-c3ccc(C4=NC(c5ccc(-n6c7cc8ccccc8cc7c7ccc8ccccc8c76)c(-c6cccc7oc8ccccc8c67)c5)=NC(c5ccc(-c6ccc(-c7ccccc7)cc6)cc5)N4)cc3)cc2)cc1. The molecule has 0 aliphatic carbocycles.